The first-order chi connectivity index (χ1) is 8.81. The van der Waals surface area contributed by atoms with Gasteiger partial charge in [-0.05, 0) is 38.9 Å². The van der Waals surface area contributed by atoms with Gasteiger partial charge in [-0.3, -0.25) is 0 Å². The van der Waals surface area contributed by atoms with E-state index in [2.05, 4.69) is 30.7 Å². The lowest BCUT2D eigenvalue weighted by atomic mass is 10.0. The lowest BCUT2D eigenvalue weighted by Gasteiger charge is -2.37. The van der Waals surface area contributed by atoms with Gasteiger partial charge in [0, 0.05) is 25.4 Å². The number of likely N-dealkylation sites (tertiary alicyclic amines) is 1. The fourth-order valence-electron chi connectivity index (χ4n) is 2.60. The van der Waals surface area contributed by atoms with Gasteiger partial charge in [0.2, 0.25) is 0 Å². The van der Waals surface area contributed by atoms with Gasteiger partial charge in [0.15, 0.2) is 0 Å². The number of hydrogen-bond acceptors (Lipinski definition) is 4. The lowest BCUT2D eigenvalue weighted by Crippen LogP contribution is -2.45. The summed E-state index contributed by atoms with van der Waals surface area (Å²) in [4.78, 5) is 4.77. The predicted octanol–water partition coefficient (Wildman–Crippen LogP) is 1.47. The summed E-state index contributed by atoms with van der Waals surface area (Å²) in [6, 6.07) is 0.551. The Bertz CT molecular complexity index is 348. The Balaban J connectivity index is 2.29. The van der Waals surface area contributed by atoms with Crippen molar-refractivity contribution in [2.75, 3.05) is 45.2 Å². The van der Waals surface area contributed by atoms with E-state index in [4.69, 9.17) is 0 Å². The molecule has 114 valence electrons. The van der Waals surface area contributed by atoms with Crippen molar-refractivity contribution < 1.29 is 8.42 Å². The van der Waals surface area contributed by atoms with Crippen LogP contribution in [0.25, 0.3) is 0 Å². The highest BCUT2D eigenvalue weighted by Gasteiger charge is 2.23. The van der Waals surface area contributed by atoms with Crippen molar-refractivity contribution >= 4 is 9.84 Å². The molecule has 1 rings (SSSR count). The van der Waals surface area contributed by atoms with E-state index < -0.39 is 9.84 Å². The molecule has 1 unspecified atom stereocenters. The van der Waals surface area contributed by atoms with Crippen molar-refractivity contribution in [2.24, 2.45) is 5.92 Å². The molecule has 1 fully saturated rings. The fourth-order valence-corrected chi connectivity index (χ4v) is 3.22. The maximum absolute atomic E-state index is 11.2. The summed E-state index contributed by atoms with van der Waals surface area (Å²) in [6.07, 6.45) is 4.89. The molecule has 0 radical (unpaired) electrons. The molecule has 0 aromatic heterocycles. The Morgan fingerprint density at radius 3 is 2.37 bits per heavy atom. The molecule has 0 N–H and O–H groups in total. The van der Waals surface area contributed by atoms with Crippen LogP contribution in [0.5, 0.6) is 0 Å². The molecule has 0 aromatic rings. The number of hydrogen-bond donors (Lipinski definition) is 0. The number of nitrogens with zero attached hydrogens (tertiary/aromatic N) is 2. The molecule has 0 amide bonds. The summed E-state index contributed by atoms with van der Waals surface area (Å²) in [7, 11) is -0.784. The van der Waals surface area contributed by atoms with Gasteiger partial charge in [-0.25, -0.2) is 8.42 Å². The van der Waals surface area contributed by atoms with Crippen LogP contribution in [-0.4, -0.2) is 69.5 Å². The first kappa shape index (κ1) is 16.9. The topological polar surface area (TPSA) is 40.6 Å². The number of rotatable bonds is 7. The summed E-state index contributed by atoms with van der Waals surface area (Å²) in [5, 5.41) is 0. The van der Waals surface area contributed by atoms with Crippen LogP contribution in [0.2, 0.25) is 0 Å². The summed E-state index contributed by atoms with van der Waals surface area (Å²) >= 11 is 0. The van der Waals surface area contributed by atoms with Gasteiger partial charge in [0.05, 0.1) is 5.75 Å². The molecule has 1 aliphatic heterocycles. The van der Waals surface area contributed by atoms with E-state index in [1.807, 2.05) is 0 Å². The molecule has 0 bridgehead atoms. The molecule has 0 aliphatic carbocycles. The second-order valence-electron chi connectivity index (χ2n) is 6.16. The molecule has 5 heteroatoms. The van der Waals surface area contributed by atoms with E-state index in [-0.39, 0.29) is 5.75 Å². The van der Waals surface area contributed by atoms with Crippen molar-refractivity contribution in [3.05, 3.63) is 0 Å². The van der Waals surface area contributed by atoms with Crippen LogP contribution in [0.1, 0.15) is 33.1 Å². The minimum Gasteiger partial charge on any atom is -0.303 e. The van der Waals surface area contributed by atoms with Crippen LogP contribution in [0, 0.1) is 5.92 Å². The van der Waals surface area contributed by atoms with E-state index in [9.17, 15) is 8.42 Å². The smallest absolute Gasteiger partial charge is 0.148 e. The summed E-state index contributed by atoms with van der Waals surface area (Å²) < 4.78 is 22.4. The molecule has 0 spiro atoms. The molecule has 1 aliphatic rings. The van der Waals surface area contributed by atoms with Crippen LogP contribution < -0.4 is 0 Å². The third-order valence-electron chi connectivity index (χ3n) is 4.26. The van der Waals surface area contributed by atoms with Gasteiger partial charge in [-0.1, -0.05) is 20.3 Å². The summed E-state index contributed by atoms with van der Waals surface area (Å²) in [5.41, 5.74) is 0. The molecule has 0 aromatic carbocycles. The minimum absolute atomic E-state index is 0.274. The standard InChI is InChI=1S/C14H30N2O2S/c1-5-13(2)12-16-8-6-14(7-9-16)15(3)10-11-19(4,17)18/h13-14H,5-12H2,1-4H3. The molecule has 0 saturated carbocycles. The largest absolute Gasteiger partial charge is 0.303 e. The van der Waals surface area contributed by atoms with Crippen molar-refractivity contribution in [2.45, 2.75) is 39.2 Å². The highest BCUT2D eigenvalue weighted by atomic mass is 32.2. The van der Waals surface area contributed by atoms with Gasteiger partial charge in [-0.15, -0.1) is 0 Å². The maximum Gasteiger partial charge on any atom is 0.148 e. The minimum atomic E-state index is -2.84. The van der Waals surface area contributed by atoms with Crippen molar-refractivity contribution in [1.29, 1.82) is 0 Å². The van der Waals surface area contributed by atoms with E-state index >= 15 is 0 Å². The Hall–Kier alpha value is -0.130. The normalized spacial score (nSPS) is 20.9. The van der Waals surface area contributed by atoms with E-state index in [0.717, 1.165) is 31.8 Å². The monoisotopic (exact) mass is 290 g/mol. The predicted molar refractivity (Wildman–Crippen MR) is 81.3 cm³/mol. The van der Waals surface area contributed by atoms with Crippen molar-refractivity contribution in [1.82, 2.24) is 9.80 Å². The SMILES string of the molecule is CCC(C)CN1CCC(N(C)CCS(C)(=O)=O)CC1. The third kappa shape index (κ3) is 6.72. The van der Waals surface area contributed by atoms with Crippen LogP contribution in [0.15, 0.2) is 0 Å². The average Bonchev–Trinajstić information content (AvgIpc) is 2.36. The van der Waals surface area contributed by atoms with E-state index in [1.54, 1.807) is 0 Å². The van der Waals surface area contributed by atoms with Gasteiger partial charge in [0.25, 0.3) is 0 Å². The quantitative estimate of drug-likeness (QED) is 0.712. The molecule has 1 atom stereocenters. The molecule has 4 nitrogen and oxygen atoms in total. The molecular formula is C14H30N2O2S. The molecule has 1 saturated heterocycles. The first-order valence-electron chi connectivity index (χ1n) is 7.42. The Morgan fingerprint density at radius 2 is 1.89 bits per heavy atom. The first-order valence-corrected chi connectivity index (χ1v) is 9.48. The van der Waals surface area contributed by atoms with Gasteiger partial charge >= 0.3 is 0 Å². The lowest BCUT2D eigenvalue weighted by molar-refractivity contribution is 0.121. The second-order valence-corrected chi connectivity index (χ2v) is 8.42. The second kappa shape index (κ2) is 7.60. The van der Waals surface area contributed by atoms with Crippen molar-refractivity contribution in [3.8, 4) is 0 Å². The zero-order valence-corrected chi connectivity index (χ0v) is 13.7. The van der Waals surface area contributed by atoms with Gasteiger partial charge < -0.3 is 9.80 Å². The number of piperidine rings is 1. The summed E-state index contributed by atoms with van der Waals surface area (Å²) in [6.45, 7) is 8.72. The highest BCUT2D eigenvalue weighted by Crippen LogP contribution is 2.17. The summed E-state index contributed by atoms with van der Waals surface area (Å²) in [5.74, 6) is 1.05. The average molecular weight is 290 g/mol. The van der Waals surface area contributed by atoms with Crippen LogP contribution in [-0.2, 0) is 9.84 Å². The van der Waals surface area contributed by atoms with E-state index in [1.165, 1.54) is 19.2 Å². The molecular weight excluding hydrogens is 260 g/mol. The third-order valence-corrected chi connectivity index (χ3v) is 5.19. The fraction of sp³-hybridized carbons (Fsp3) is 1.00. The van der Waals surface area contributed by atoms with Crippen LogP contribution >= 0.6 is 0 Å². The zero-order chi connectivity index (χ0) is 14.5. The van der Waals surface area contributed by atoms with Crippen LogP contribution in [0.3, 0.4) is 0 Å². The Labute approximate surface area is 119 Å². The van der Waals surface area contributed by atoms with Crippen molar-refractivity contribution in [3.63, 3.8) is 0 Å². The Kier molecular flexibility index (Phi) is 6.77. The molecule has 1 heterocycles. The zero-order valence-electron chi connectivity index (χ0n) is 12.9. The van der Waals surface area contributed by atoms with Gasteiger partial charge in [-0.2, -0.15) is 0 Å². The van der Waals surface area contributed by atoms with Gasteiger partial charge in [0.1, 0.15) is 9.84 Å². The Morgan fingerprint density at radius 1 is 1.32 bits per heavy atom. The highest BCUT2D eigenvalue weighted by molar-refractivity contribution is 7.90. The van der Waals surface area contributed by atoms with Crippen LogP contribution in [0.4, 0.5) is 0 Å². The molecule has 19 heavy (non-hydrogen) atoms. The van der Waals surface area contributed by atoms with E-state index in [0.29, 0.717) is 12.6 Å². The maximum atomic E-state index is 11.2. The number of sulfone groups is 1.